The molecule has 19 heteroatoms. The smallest absolute Gasteiger partial charge is 0.220 e. The highest BCUT2D eigenvalue weighted by atomic mass is 16.8. The van der Waals surface area contributed by atoms with Crippen LogP contribution >= 0.6 is 0 Å². The minimum Gasteiger partial charge on any atom is -0.394 e. The van der Waals surface area contributed by atoms with Crippen molar-refractivity contribution in [1.29, 1.82) is 0 Å². The molecule has 3 heterocycles. The number of hydrogen-bond acceptors (Lipinski definition) is 18. The van der Waals surface area contributed by atoms with Gasteiger partial charge in [-0.15, -0.1) is 0 Å². The Morgan fingerprint density at radius 3 is 0.942 bits per heavy atom. The van der Waals surface area contributed by atoms with Crippen molar-refractivity contribution in [2.75, 3.05) is 26.4 Å². The number of aliphatic hydroxyl groups excluding tert-OH is 11. The zero-order valence-corrected chi connectivity index (χ0v) is 65.3. The van der Waals surface area contributed by atoms with Crippen LogP contribution in [0.15, 0.2) is 24.3 Å². The summed E-state index contributed by atoms with van der Waals surface area (Å²) in [5.74, 6) is -0.268. The lowest BCUT2D eigenvalue weighted by Gasteiger charge is -2.48. The van der Waals surface area contributed by atoms with Gasteiger partial charge in [0, 0.05) is 6.42 Å². The summed E-state index contributed by atoms with van der Waals surface area (Å²) in [6.45, 7) is 1.80. The van der Waals surface area contributed by atoms with Gasteiger partial charge in [-0.1, -0.05) is 346 Å². The molecular weight excluding hydrogens is 1310 g/mol. The molecule has 3 fully saturated rings. The van der Waals surface area contributed by atoms with Gasteiger partial charge in [0.25, 0.3) is 0 Å². The maximum Gasteiger partial charge on any atom is 0.220 e. The number of allylic oxidation sites excluding steroid dienone is 3. The summed E-state index contributed by atoms with van der Waals surface area (Å²) in [6.07, 6.45) is 53.2. The van der Waals surface area contributed by atoms with Crippen LogP contribution in [-0.4, -0.2) is 193 Å². The predicted molar refractivity (Wildman–Crippen MR) is 411 cm³/mol. The summed E-state index contributed by atoms with van der Waals surface area (Å²) in [6, 6.07) is -0.973. The van der Waals surface area contributed by atoms with Crippen molar-refractivity contribution < 1.29 is 89.4 Å². The van der Waals surface area contributed by atoms with Gasteiger partial charge in [0.05, 0.1) is 38.6 Å². The number of ether oxygens (including phenoxy) is 6. The topological polar surface area (TPSA) is 307 Å². The summed E-state index contributed by atoms with van der Waals surface area (Å²) in [5.41, 5.74) is 0. The van der Waals surface area contributed by atoms with Gasteiger partial charge >= 0.3 is 0 Å². The van der Waals surface area contributed by atoms with E-state index in [4.69, 9.17) is 28.4 Å². The van der Waals surface area contributed by atoms with E-state index in [0.29, 0.717) is 6.42 Å². The zero-order chi connectivity index (χ0) is 74.6. The van der Waals surface area contributed by atoms with E-state index in [1.54, 1.807) is 6.08 Å². The fourth-order valence-electron chi connectivity index (χ4n) is 14.8. The highest BCUT2D eigenvalue weighted by Crippen LogP contribution is 2.33. The second-order valence-corrected chi connectivity index (χ2v) is 31.0. The Kier molecular flexibility index (Phi) is 60.3. The highest BCUT2D eigenvalue weighted by molar-refractivity contribution is 5.76. The summed E-state index contributed by atoms with van der Waals surface area (Å²) in [4.78, 5) is 13.5. The largest absolute Gasteiger partial charge is 0.394 e. The Morgan fingerprint density at radius 2 is 0.612 bits per heavy atom. The number of aliphatic hydroxyl groups is 11. The number of unbranched alkanes of at least 4 members (excludes halogenated alkanes) is 52. The van der Waals surface area contributed by atoms with E-state index in [0.717, 1.165) is 44.9 Å². The number of rotatable bonds is 70. The van der Waals surface area contributed by atoms with Crippen LogP contribution in [0.25, 0.3) is 0 Å². The molecule has 0 bridgehead atoms. The maximum atomic E-state index is 13.5. The average molecular weight is 1470 g/mol. The monoisotopic (exact) mass is 1470 g/mol. The molecule has 0 spiro atoms. The van der Waals surface area contributed by atoms with Gasteiger partial charge in [-0.25, -0.2) is 0 Å². The molecule has 3 aliphatic rings. The normalized spacial score (nSPS) is 26.1. The molecule has 0 aliphatic carbocycles. The number of hydrogen-bond donors (Lipinski definition) is 12. The van der Waals surface area contributed by atoms with Crippen molar-refractivity contribution in [2.45, 2.75) is 478 Å². The van der Waals surface area contributed by atoms with Crippen molar-refractivity contribution >= 4 is 5.91 Å². The SMILES string of the molecule is CCCCCCCCCC/C=C\CCCCCCCCCCCCCCCCCC(=O)NC(COC1OC(CO)C(OC2OC(CO)C(OC3OC(CO)C(O)C(O)C3O)C(O)C2O)C(O)C1O)C(O)/C=C/CCCCCCCCCCCCCCCCCCCCCCCCCCCCCCC. The van der Waals surface area contributed by atoms with E-state index in [-0.39, 0.29) is 18.9 Å². The third-order valence-electron chi connectivity index (χ3n) is 21.7. The highest BCUT2D eigenvalue weighted by Gasteiger charge is 2.54. The molecule has 1 amide bonds. The van der Waals surface area contributed by atoms with Gasteiger partial charge in [-0.2, -0.15) is 0 Å². The van der Waals surface area contributed by atoms with E-state index in [2.05, 4.69) is 31.3 Å². The first-order valence-electron chi connectivity index (χ1n) is 43.1. The van der Waals surface area contributed by atoms with Crippen molar-refractivity contribution in [2.24, 2.45) is 0 Å². The van der Waals surface area contributed by atoms with Crippen LogP contribution in [0.4, 0.5) is 0 Å². The standard InChI is InChI=1S/C84H159NO18/c1-3-5-7-9-11-13-15-17-19-21-23-25-27-29-31-32-33-34-36-37-39-41-43-45-47-49-51-53-55-57-59-61-68(89)67(85-72(90)62-60-58-56-54-52-50-48-46-44-42-40-38-35-30-28-26-24-22-20-18-16-14-12-10-8-6-4-2)66-98-82-78(96)75(93)80(70(64-87)100-82)103-84-79(97)76(94)81(71(65-88)101-84)102-83-77(95)74(92)73(91)69(63-86)99-83/h22,24,59,61,67-71,73-84,86-89,91-97H,3-21,23,25-58,60,62-66H2,1-2H3,(H,85,90)/b24-22-,61-59+. The van der Waals surface area contributed by atoms with Gasteiger partial charge in [0.15, 0.2) is 18.9 Å². The molecule has 19 nitrogen and oxygen atoms in total. The number of nitrogens with one attached hydrogen (secondary N) is 1. The van der Waals surface area contributed by atoms with E-state index in [9.17, 15) is 61.0 Å². The molecule has 17 atom stereocenters. The second-order valence-electron chi connectivity index (χ2n) is 31.0. The van der Waals surface area contributed by atoms with Crippen LogP contribution in [0.5, 0.6) is 0 Å². The molecule has 3 aliphatic heterocycles. The molecule has 12 N–H and O–H groups in total. The summed E-state index contributed by atoms with van der Waals surface area (Å²) >= 11 is 0. The molecule has 3 saturated heterocycles. The van der Waals surface area contributed by atoms with Gasteiger partial charge in [0.2, 0.25) is 5.91 Å². The Morgan fingerprint density at radius 1 is 0.340 bits per heavy atom. The first-order chi connectivity index (χ1) is 50.3. The molecule has 0 aromatic carbocycles. The van der Waals surface area contributed by atoms with E-state index in [1.807, 2.05) is 6.08 Å². The summed E-state index contributed by atoms with van der Waals surface area (Å²) < 4.78 is 34.5. The Hall–Kier alpha value is -1.73. The van der Waals surface area contributed by atoms with Crippen LogP contribution in [0.1, 0.15) is 373 Å². The van der Waals surface area contributed by atoms with Crippen LogP contribution < -0.4 is 5.32 Å². The second kappa shape index (κ2) is 65.0. The summed E-state index contributed by atoms with van der Waals surface area (Å²) in [7, 11) is 0. The fourth-order valence-corrected chi connectivity index (χ4v) is 14.8. The molecule has 3 rings (SSSR count). The molecular formula is C84H159NO18. The molecule has 17 unspecified atom stereocenters. The first-order valence-corrected chi connectivity index (χ1v) is 43.1. The number of carbonyl (C=O) groups excluding carboxylic acids is 1. The lowest BCUT2D eigenvalue weighted by Crippen LogP contribution is -2.66. The predicted octanol–water partition coefficient (Wildman–Crippen LogP) is 15.3. The van der Waals surface area contributed by atoms with E-state index < -0.39 is 124 Å². The Balaban J connectivity index is 1.35. The van der Waals surface area contributed by atoms with Gasteiger partial charge in [-0.05, 0) is 44.9 Å². The van der Waals surface area contributed by atoms with Crippen molar-refractivity contribution in [3.05, 3.63) is 24.3 Å². The Bertz CT molecular complexity index is 1950. The first kappa shape index (κ1) is 95.5. The van der Waals surface area contributed by atoms with Crippen molar-refractivity contribution in [1.82, 2.24) is 5.32 Å². The van der Waals surface area contributed by atoms with E-state index in [1.165, 1.54) is 302 Å². The molecule has 0 saturated carbocycles. The quantitative estimate of drug-likeness (QED) is 0.0199. The van der Waals surface area contributed by atoms with Crippen LogP contribution in [0, 0.1) is 0 Å². The van der Waals surface area contributed by atoms with Gasteiger partial charge < -0.3 is 89.9 Å². The van der Waals surface area contributed by atoms with Crippen molar-refractivity contribution in [3.63, 3.8) is 0 Å². The minimum atomic E-state index is -1.98. The van der Waals surface area contributed by atoms with Gasteiger partial charge in [-0.3, -0.25) is 4.79 Å². The number of carbonyl (C=O) groups is 1. The van der Waals surface area contributed by atoms with Crippen LogP contribution in [0.2, 0.25) is 0 Å². The van der Waals surface area contributed by atoms with Crippen LogP contribution in [0.3, 0.4) is 0 Å². The maximum absolute atomic E-state index is 13.5. The molecule has 0 aromatic heterocycles. The lowest BCUT2D eigenvalue weighted by atomic mass is 9.96. The molecule has 0 aromatic rings. The molecule has 608 valence electrons. The number of amides is 1. The van der Waals surface area contributed by atoms with Gasteiger partial charge in [0.1, 0.15) is 73.2 Å². The third kappa shape index (κ3) is 44.6. The lowest BCUT2D eigenvalue weighted by molar-refractivity contribution is -0.379. The van der Waals surface area contributed by atoms with E-state index >= 15 is 0 Å². The molecule has 103 heavy (non-hydrogen) atoms. The Labute approximate surface area is 626 Å². The van der Waals surface area contributed by atoms with Crippen LogP contribution in [-0.2, 0) is 33.2 Å². The fraction of sp³-hybridized carbons (Fsp3) is 0.940. The zero-order valence-electron chi connectivity index (χ0n) is 65.3. The third-order valence-corrected chi connectivity index (χ3v) is 21.7. The molecule has 0 radical (unpaired) electrons. The minimum absolute atomic E-state index is 0.247. The average Bonchev–Trinajstić information content (AvgIpc) is 0.781. The summed E-state index contributed by atoms with van der Waals surface area (Å²) in [5, 5.41) is 121. The van der Waals surface area contributed by atoms with Crippen molar-refractivity contribution in [3.8, 4) is 0 Å².